The lowest BCUT2D eigenvalue weighted by Crippen LogP contribution is -2.48. The molecule has 1 aliphatic heterocycles. The Balaban J connectivity index is 1.15. The minimum Gasteiger partial charge on any atom is -0.494 e. The molecule has 9 nitrogen and oxygen atoms in total. The van der Waals surface area contributed by atoms with Crippen LogP contribution in [0.2, 0.25) is 0 Å². The number of hydrogen-bond donors (Lipinski definition) is 1. The number of nitrogens with zero attached hydrogens (tertiary/aromatic N) is 4. The van der Waals surface area contributed by atoms with Crippen molar-refractivity contribution in [1.82, 2.24) is 19.0 Å². The zero-order valence-electron chi connectivity index (χ0n) is 24.0. The van der Waals surface area contributed by atoms with Gasteiger partial charge >= 0.3 is 5.69 Å². The van der Waals surface area contributed by atoms with Crippen molar-refractivity contribution < 1.29 is 9.53 Å². The van der Waals surface area contributed by atoms with Crippen LogP contribution in [0.5, 0.6) is 5.75 Å². The summed E-state index contributed by atoms with van der Waals surface area (Å²) in [6, 6.07) is 19.8. The maximum absolute atomic E-state index is 13.0. The third-order valence-electron chi connectivity index (χ3n) is 7.63. The SMILES string of the molecule is CCCn1c(=O)c2[nH]c(-c3ccc(OCCCC(=O)N4CCN(c5ccccc5)CC4)cc3)cc2n(CCC)c1=O. The Kier molecular flexibility index (Phi) is 8.91. The van der Waals surface area contributed by atoms with E-state index in [1.165, 1.54) is 10.3 Å². The monoisotopic (exact) mass is 557 g/mol. The van der Waals surface area contributed by atoms with Crippen LogP contribution in [-0.2, 0) is 17.9 Å². The fourth-order valence-corrected chi connectivity index (χ4v) is 5.46. The average Bonchev–Trinajstić information content (AvgIpc) is 3.46. The Morgan fingerprint density at radius 3 is 2.24 bits per heavy atom. The van der Waals surface area contributed by atoms with Crippen molar-refractivity contribution in [2.75, 3.05) is 37.7 Å². The summed E-state index contributed by atoms with van der Waals surface area (Å²) in [6.45, 7) is 8.56. The van der Waals surface area contributed by atoms with E-state index in [4.69, 9.17) is 4.74 Å². The molecule has 5 rings (SSSR count). The first-order valence-electron chi connectivity index (χ1n) is 14.7. The van der Waals surface area contributed by atoms with E-state index < -0.39 is 0 Å². The maximum atomic E-state index is 13.0. The molecule has 9 heteroatoms. The summed E-state index contributed by atoms with van der Waals surface area (Å²) < 4.78 is 8.92. The third-order valence-corrected chi connectivity index (χ3v) is 7.63. The van der Waals surface area contributed by atoms with E-state index in [0.717, 1.165) is 49.6 Å². The largest absolute Gasteiger partial charge is 0.494 e. The van der Waals surface area contributed by atoms with Crippen molar-refractivity contribution in [1.29, 1.82) is 0 Å². The number of benzene rings is 2. The number of nitrogens with one attached hydrogen (secondary N) is 1. The molecule has 1 fully saturated rings. The number of piperazine rings is 1. The quantitative estimate of drug-likeness (QED) is 0.275. The number of H-pyrrole nitrogens is 1. The van der Waals surface area contributed by atoms with Gasteiger partial charge in [0.2, 0.25) is 5.91 Å². The number of carbonyl (C=O) groups excluding carboxylic acids is 1. The summed E-state index contributed by atoms with van der Waals surface area (Å²) in [4.78, 5) is 46.2. The summed E-state index contributed by atoms with van der Waals surface area (Å²) in [7, 11) is 0. The Bertz CT molecular complexity index is 1580. The van der Waals surface area contributed by atoms with Crippen molar-refractivity contribution >= 4 is 22.6 Å². The van der Waals surface area contributed by atoms with Crippen molar-refractivity contribution in [3.05, 3.63) is 81.5 Å². The molecule has 0 bridgehead atoms. The molecule has 0 saturated carbocycles. The number of anilines is 1. The van der Waals surface area contributed by atoms with E-state index in [-0.39, 0.29) is 17.2 Å². The first-order valence-corrected chi connectivity index (χ1v) is 14.7. The molecule has 216 valence electrons. The molecule has 0 atom stereocenters. The highest BCUT2D eigenvalue weighted by Crippen LogP contribution is 2.25. The Morgan fingerprint density at radius 1 is 0.878 bits per heavy atom. The van der Waals surface area contributed by atoms with E-state index in [1.54, 1.807) is 4.57 Å². The van der Waals surface area contributed by atoms with Gasteiger partial charge in [0, 0.05) is 57.1 Å². The predicted octanol–water partition coefficient (Wildman–Crippen LogP) is 4.49. The van der Waals surface area contributed by atoms with Crippen LogP contribution in [0.3, 0.4) is 0 Å². The van der Waals surface area contributed by atoms with E-state index >= 15 is 0 Å². The lowest BCUT2D eigenvalue weighted by molar-refractivity contribution is -0.131. The van der Waals surface area contributed by atoms with Crippen LogP contribution in [0.15, 0.2) is 70.3 Å². The number of ether oxygens (including phenoxy) is 1. The molecule has 2 aromatic heterocycles. The number of amides is 1. The van der Waals surface area contributed by atoms with Gasteiger partial charge < -0.3 is 19.5 Å². The number of aryl methyl sites for hydroxylation is 1. The Hall–Kier alpha value is -4.27. The number of aromatic amines is 1. The number of carbonyl (C=O) groups is 1. The molecule has 41 heavy (non-hydrogen) atoms. The summed E-state index contributed by atoms with van der Waals surface area (Å²) in [5, 5.41) is 0. The van der Waals surface area contributed by atoms with Crippen molar-refractivity contribution in [3.63, 3.8) is 0 Å². The smallest absolute Gasteiger partial charge is 0.331 e. The molecule has 0 spiro atoms. The molecule has 1 saturated heterocycles. The van der Waals surface area contributed by atoms with Gasteiger partial charge in [0.05, 0.1) is 12.1 Å². The number of fused-ring (bicyclic) bond motifs is 1. The molecular weight excluding hydrogens is 518 g/mol. The van der Waals surface area contributed by atoms with Crippen molar-refractivity contribution in [2.24, 2.45) is 0 Å². The molecule has 0 aliphatic carbocycles. The lowest BCUT2D eigenvalue weighted by Gasteiger charge is -2.36. The van der Waals surface area contributed by atoms with E-state index in [9.17, 15) is 14.4 Å². The van der Waals surface area contributed by atoms with Crippen LogP contribution >= 0.6 is 0 Å². The first-order chi connectivity index (χ1) is 20.0. The van der Waals surface area contributed by atoms with Crippen LogP contribution < -0.4 is 20.9 Å². The summed E-state index contributed by atoms with van der Waals surface area (Å²) >= 11 is 0. The summed E-state index contributed by atoms with van der Waals surface area (Å²) in [6.07, 6.45) is 2.62. The fourth-order valence-electron chi connectivity index (χ4n) is 5.46. The summed E-state index contributed by atoms with van der Waals surface area (Å²) in [5.41, 5.74) is 3.43. The second kappa shape index (κ2) is 12.9. The lowest BCUT2D eigenvalue weighted by atomic mass is 10.1. The zero-order chi connectivity index (χ0) is 28.8. The standard InChI is InChI=1S/C32H39N5O4/c1-3-16-36-28-23-27(33-30(28)31(39)37(17-4-2)32(36)40)24-12-14-26(15-13-24)41-22-8-11-29(38)35-20-18-34(19-21-35)25-9-6-5-7-10-25/h5-7,9-10,12-15,23,33H,3-4,8,11,16-22H2,1-2H3. The number of hydrogen-bond acceptors (Lipinski definition) is 5. The highest BCUT2D eigenvalue weighted by atomic mass is 16.5. The van der Waals surface area contributed by atoms with E-state index in [1.807, 2.05) is 67.3 Å². The topological polar surface area (TPSA) is 92.6 Å². The minimum absolute atomic E-state index is 0.176. The normalized spacial score (nSPS) is 13.6. The number of para-hydroxylation sites is 1. The van der Waals surface area contributed by atoms with Gasteiger partial charge in [-0.05, 0) is 67.3 Å². The van der Waals surface area contributed by atoms with E-state index in [0.29, 0.717) is 50.0 Å². The van der Waals surface area contributed by atoms with Crippen LogP contribution in [0, 0.1) is 0 Å². The van der Waals surface area contributed by atoms with Gasteiger partial charge in [0.15, 0.2) is 0 Å². The molecule has 1 aliphatic rings. The van der Waals surface area contributed by atoms with Gasteiger partial charge in [-0.3, -0.25) is 18.7 Å². The molecular formula is C32H39N5O4. The van der Waals surface area contributed by atoms with Gasteiger partial charge in [-0.25, -0.2) is 4.79 Å². The van der Waals surface area contributed by atoms with Crippen LogP contribution in [0.4, 0.5) is 5.69 Å². The minimum atomic E-state index is -0.280. The molecule has 0 unspecified atom stereocenters. The fraction of sp³-hybridized carbons (Fsp3) is 0.406. The predicted molar refractivity (Wildman–Crippen MR) is 163 cm³/mol. The first kappa shape index (κ1) is 28.3. The van der Waals surface area contributed by atoms with Gasteiger partial charge in [-0.15, -0.1) is 0 Å². The molecule has 1 amide bonds. The van der Waals surface area contributed by atoms with Gasteiger partial charge in [0.1, 0.15) is 11.3 Å². The second-order valence-corrected chi connectivity index (χ2v) is 10.5. The molecule has 2 aromatic carbocycles. The van der Waals surface area contributed by atoms with Gasteiger partial charge in [0.25, 0.3) is 5.56 Å². The average molecular weight is 558 g/mol. The molecule has 3 heterocycles. The summed E-state index contributed by atoms with van der Waals surface area (Å²) in [5.74, 6) is 0.900. The van der Waals surface area contributed by atoms with Crippen LogP contribution in [0.1, 0.15) is 39.5 Å². The highest BCUT2D eigenvalue weighted by Gasteiger charge is 2.21. The third kappa shape index (κ3) is 6.24. The van der Waals surface area contributed by atoms with Gasteiger partial charge in [-0.1, -0.05) is 32.0 Å². The number of aromatic nitrogens is 3. The van der Waals surface area contributed by atoms with Crippen molar-refractivity contribution in [3.8, 4) is 17.0 Å². The second-order valence-electron chi connectivity index (χ2n) is 10.5. The van der Waals surface area contributed by atoms with Crippen LogP contribution in [-0.4, -0.2) is 57.7 Å². The van der Waals surface area contributed by atoms with Crippen LogP contribution in [0.25, 0.3) is 22.3 Å². The van der Waals surface area contributed by atoms with E-state index in [2.05, 4.69) is 22.0 Å². The Labute approximate surface area is 240 Å². The zero-order valence-corrected chi connectivity index (χ0v) is 24.0. The molecule has 0 radical (unpaired) electrons. The Morgan fingerprint density at radius 2 is 1.56 bits per heavy atom. The van der Waals surface area contributed by atoms with Crippen molar-refractivity contribution in [2.45, 2.75) is 52.6 Å². The molecule has 1 N–H and O–H groups in total. The maximum Gasteiger partial charge on any atom is 0.331 e. The molecule has 4 aromatic rings. The highest BCUT2D eigenvalue weighted by molar-refractivity contribution is 5.82. The number of rotatable bonds is 11. The van der Waals surface area contributed by atoms with Gasteiger partial charge in [-0.2, -0.15) is 0 Å².